The van der Waals surface area contributed by atoms with Crippen molar-refractivity contribution in [1.29, 1.82) is 0 Å². The smallest absolute Gasteiger partial charge is 0.253 e. The Labute approximate surface area is 207 Å². The molecule has 0 saturated carbocycles. The van der Waals surface area contributed by atoms with Gasteiger partial charge in [0, 0.05) is 17.3 Å². The molecule has 2 aromatic carbocycles. The van der Waals surface area contributed by atoms with Gasteiger partial charge in [-0.15, -0.1) is 10.2 Å². The van der Waals surface area contributed by atoms with E-state index < -0.39 is 6.04 Å². The van der Waals surface area contributed by atoms with Crippen LogP contribution in [-0.2, 0) is 11.3 Å². The van der Waals surface area contributed by atoms with Crippen molar-refractivity contribution < 1.29 is 9.59 Å². The molecule has 7 nitrogen and oxygen atoms in total. The number of amides is 2. The summed E-state index contributed by atoms with van der Waals surface area (Å²) in [5, 5.41) is 15.7. The summed E-state index contributed by atoms with van der Waals surface area (Å²) < 4.78 is 1.88. The molecule has 174 valence electrons. The molecule has 10 heteroatoms. The minimum absolute atomic E-state index is 0.125. The summed E-state index contributed by atoms with van der Waals surface area (Å²) in [6.45, 7) is 8.35. The number of anilines is 1. The highest BCUT2D eigenvalue weighted by Crippen LogP contribution is 2.24. The quantitative estimate of drug-likeness (QED) is 0.397. The molecule has 3 aromatic rings. The number of carbonyl (C=O) groups excluding carboxylic acids is 2. The van der Waals surface area contributed by atoms with Crippen LogP contribution in [-0.4, -0.2) is 32.3 Å². The van der Waals surface area contributed by atoms with Crippen LogP contribution in [0.1, 0.15) is 47.2 Å². The molecule has 1 heterocycles. The molecule has 0 unspecified atom stereocenters. The van der Waals surface area contributed by atoms with Gasteiger partial charge < -0.3 is 15.2 Å². The minimum Gasteiger partial charge on any atom is -0.342 e. The van der Waals surface area contributed by atoms with Crippen molar-refractivity contribution in [3.05, 3.63) is 69.0 Å². The van der Waals surface area contributed by atoms with Gasteiger partial charge in [0.05, 0.1) is 22.4 Å². The lowest BCUT2D eigenvalue weighted by atomic mass is 10.1. The molecular weight excluding hydrogens is 481 g/mol. The van der Waals surface area contributed by atoms with Crippen molar-refractivity contribution in [2.75, 3.05) is 11.1 Å². The molecule has 2 N–H and O–H groups in total. The zero-order chi connectivity index (χ0) is 24.1. The summed E-state index contributed by atoms with van der Waals surface area (Å²) in [5.41, 5.74) is 3.29. The lowest BCUT2D eigenvalue weighted by molar-refractivity contribution is -0.113. The first-order chi connectivity index (χ1) is 15.7. The van der Waals surface area contributed by atoms with Crippen molar-refractivity contribution in [2.45, 2.75) is 45.4 Å². The Kier molecular flexibility index (Phi) is 8.40. The van der Waals surface area contributed by atoms with E-state index in [1.807, 2.05) is 50.5 Å². The fourth-order valence-corrected chi connectivity index (χ4v) is 4.54. The number of hydrogen-bond acceptors (Lipinski definition) is 5. The molecular formula is C23H25Cl2N5O2S. The maximum absolute atomic E-state index is 12.7. The molecule has 0 bridgehead atoms. The van der Waals surface area contributed by atoms with Crippen molar-refractivity contribution in [3.8, 4) is 0 Å². The second kappa shape index (κ2) is 11.0. The van der Waals surface area contributed by atoms with E-state index in [0.717, 1.165) is 16.8 Å². The van der Waals surface area contributed by atoms with Gasteiger partial charge in [0.15, 0.2) is 11.0 Å². The van der Waals surface area contributed by atoms with Crippen LogP contribution in [0, 0.1) is 13.8 Å². The first-order valence-corrected chi connectivity index (χ1v) is 12.1. The standard InChI is InChI=1S/C23H25Cl2N5O2S/c1-5-30-21(15(4)26-22(32)17-10-9-16(24)11-18(17)25)28-29-23(30)33-12-20(31)27-19-8-6-7-13(2)14(19)3/h6-11,15H,5,12H2,1-4H3,(H,26,32)(H,27,31)/t15-/m1/s1. The molecule has 0 saturated heterocycles. The van der Waals surface area contributed by atoms with Crippen LogP contribution in [0.2, 0.25) is 10.0 Å². The second-order valence-electron chi connectivity index (χ2n) is 7.49. The monoisotopic (exact) mass is 505 g/mol. The molecule has 0 fully saturated rings. The number of carbonyl (C=O) groups is 2. The summed E-state index contributed by atoms with van der Waals surface area (Å²) in [7, 11) is 0. The predicted octanol–water partition coefficient (Wildman–Crippen LogP) is 5.44. The van der Waals surface area contributed by atoms with Gasteiger partial charge in [-0.1, -0.05) is 47.1 Å². The Morgan fingerprint density at radius 1 is 1.15 bits per heavy atom. The number of nitrogens with zero attached hydrogens (tertiary/aromatic N) is 3. The summed E-state index contributed by atoms with van der Waals surface area (Å²) in [4.78, 5) is 25.1. The van der Waals surface area contributed by atoms with Crippen molar-refractivity contribution in [3.63, 3.8) is 0 Å². The van der Waals surface area contributed by atoms with Crippen LogP contribution in [0.25, 0.3) is 0 Å². The van der Waals surface area contributed by atoms with Gasteiger partial charge in [0.25, 0.3) is 5.91 Å². The number of hydrogen-bond donors (Lipinski definition) is 2. The van der Waals surface area contributed by atoms with Crippen LogP contribution in [0.15, 0.2) is 41.6 Å². The number of nitrogens with one attached hydrogen (secondary N) is 2. The van der Waals surface area contributed by atoms with E-state index in [1.54, 1.807) is 12.1 Å². The number of aromatic nitrogens is 3. The van der Waals surface area contributed by atoms with E-state index in [9.17, 15) is 9.59 Å². The molecule has 33 heavy (non-hydrogen) atoms. The number of benzene rings is 2. The Morgan fingerprint density at radius 2 is 1.91 bits per heavy atom. The number of thioether (sulfide) groups is 1. The minimum atomic E-state index is -0.421. The van der Waals surface area contributed by atoms with E-state index in [1.165, 1.54) is 17.8 Å². The number of halogens is 2. The number of rotatable bonds is 8. The second-order valence-corrected chi connectivity index (χ2v) is 9.27. The van der Waals surface area contributed by atoms with Gasteiger partial charge in [-0.3, -0.25) is 9.59 Å². The van der Waals surface area contributed by atoms with Crippen molar-refractivity contribution >= 4 is 52.5 Å². The topological polar surface area (TPSA) is 88.9 Å². The molecule has 0 aliphatic heterocycles. The predicted molar refractivity (Wildman–Crippen MR) is 133 cm³/mol. The van der Waals surface area contributed by atoms with Crippen LogP contribution in [0.5, 0.6) is 0 Å². The average Bonchev–Trinajstić information content (AvgIpc) is 3.18. The Bertz CT molecular complexity index is 1180. The van der Waals surface area contributed by atoms with Crippen molar-refractivity contribution in [1.82, 2.24) is 20.1 Å². The fraction of sp³-hybridized carbons (Fsp3) is 0.304. The first-order valence-electron chi connectivity index (χ1n) is 10.4. The molecule has 1 aromatic heterocycles. The fourth-order valence-electron chi connectivity index (χ4n) is 3.24. The highest BCUT2D eigenvalue weighted by molar-refractivity contribution is 7.99. The van der Waals surface area contributed by atoms with Gasteiger partial charge in [0.1, 0.15) is 0 Å². The van der Waals surface area contributed by atoms with Crippen LogP contribution < -0.4 is 10.6 Å². The molecule has 0 aliphatic rings. The largest absolute Gasteiger partial charge is 0.342 e. The normalized spacial score (nSPS) is 11.8. The van der Waals surface area contributed by atoms with Crippen molar-refractivity contribution in [2.24, 2.45) is 0 Å². The lowest BCUT2D eigenvalue weighted by Gasteiger charge is -2.15. The number of aryl methyl sites for hydroxylation is 1. The highest BCUT2D eigenvalue weighted by atomic mass is 35.5. The summed E-state index contributed by atoms with van der Waals surface area (Å²) in [5.74, 6) is 0.317. The third-order valence-electron chi connectivity index (χ3n) is 5.18. The Hall–Kier alpha value is -2.55. The highest BCUT2D eigenvalue weighted by Gasteiger charge is 2.21. The lowest BCUT2D eigenvalue weighted by Crippen LogP contribution is -2.29. The van der Waals surface area contributed by atoms with Crippen LogP contribution in [0.4, 0.5) is 5.69 Å². The van der Waals surface area contributed by atoms with E-state index in [-0.39, 0.29) is 22.6 Å². The molecule has 0 aliphatic carbocycles. The molecule has 0 radical (unpaired) electrons. The molecule has 1 atom stereocenters. The van der Waals surface area contributed by atoms with Gasteiger partial charge >= 0.3 is 0 Å². The Morgan fingerprint density at radius 3 is 2.61 bits per heavy atom. The zero-order valence-electron chi connectivity index (χ0n) is 18.8. The SMILES string of the molecule is CCn1c(SCC(=O)Nc2cccc(C)c2C)nnc1[C@@H](C)NC(=O)c1ccc(Cl)cc1Cl. The van der Waals surface area contributed by atoms with E-state index in [0.29, 0.717) is 28.1 Å². The molecule has 3 rings (SSSR count). The molecule has 2 amide bonds. The summed E-state index contributed by atoms with van der Waals surface area (Å²) in [6.07, 6.45) is 0. The van der Waals surface area contributed by atoms with E-state index in [4.69, 9.17) is 23.2 Å². The average molecular weight is 506 g/mol. The maximum atomic E-state index is 12.7. The van der Waals surface area contributed by atoms with Gasteiger partial charge in [0.2, 0.25) is 5.91 Å². The van der Waals surface area contributed by atoms with Gasteiger partial charge in [-0.05, 0) is 63.1 Å². The van der Waals surface area contributed by atoms with Gasteiger partial charge in [-0.25, -0.2) is 0 Å². The van der Waals surface area contributed by atoms with Gasteiger partial charge in [-0.2, -0.15) is 0 Å². The third-order valence-corrected chi connectivity index (χ3v) is 6.70. The zero-order valence-corrected chi connectivity index (χ0v) is 21.1. The van der Waals surface area contributed by atoms with E-state index >= 15 is 0 Å². The summed E-state index contributed by atoms with van der Waals surface area (Å²) >= 11 is 13.3. The Balaban J connectivity index is 1.65. The summed E-state index contributed by atoms with van der Waals surface area (Å²) in [6, 6.07) is 10.1. The first kappa shape index (κ1) is 25.1. The van der Waals surface area contributed by atoms with Crippen LogP contribution >= 0.6 is 35.0 Å². The van der Waals surface area contributed by atoms with Crippen LogP contribution in [0.3, 0.4) is 0 Å². The third kappa shape index (κ3) is 6.07. The van der Waals surface area contributed by atoms with E-state index in [2.05, 4.69) is 20.8 Å². The molecule has 0 spiro atoms. The maximum Gasteiger partial charge on any atom is 0.253 e.